The fourth-order valence-corrected chi connectivity index (χ4v) is 1.43. The summed E-state index contributed by atoms with van der Waals surface area (Å²) in [4.78, 5) is 0. The molecule has 0 fully saturated rings. The summed E-state index contributed by atoms with van der Waals surface area (Å²) in [5.74, 6) is -1.64. The Balaban J connectivity index is 2.86. The normalized spacial score (nSPS) is 12.8. The van der Waals surface area contributed by atoms with Gasteiger partial charge in [0.1, 0.15) is 0 Å². The van der Waals surface area contributed by atoms with E-state index in [9.17, 15) is 8.78 Å². The van der Waals surface area contributed by atoms with E-state index in [4.69, 9.17) is 5.73 Å². The molecule has 0 aliphatic heterocycles. The minimum absolute atomic E-state index is 0.250. The lowest BCUT2D eigenvalue weighted by Crippen LogP contribution is -2.29. The third kappa shape index (κ3) is 2.97. The van der Waals surface area contributed by atoms with Gasteiger partial charge in [0.05, 0.1) is 0 Å². The summed E-state index contributed by atoms with van der Waals surface area (Å²) in [6, 6.07) is 3.83. The fraction of sp³-hybridized carbons (Fsp3) is 0.455. The molecule has 0 bridgehead atoms. The Morgan fingerprint density at radius 1 is 1.40 bits per heavy atom. The van der Waals surface area contributed by atoms with E-state index in [1.165, 1.54) is 6.07 Å². The zero-order valence-corrected chi connectivity index (χ0v) is 8.76. The molecule has 4 heteroatoms. The molecule has 15 heavy (non-hydrogen) atoms. The number of hydrogen-bond donors (Lipinski definition) is 2. The summed E-state index contributed by atoms with van der Waals surface area (Å²) < 4.78 is 26.3. The molecule has 0 saturated carbocycles. The number of hydrogen-bond acceptors (Lipinski definition) is 2. The molecule has 0 aliphatic rings. The van der Waals surface area contributed by atoms with Gasteiger partial charge in [0, 0.05) is 18.2 Å². The first-order chi connectivity index (χ1) is 7.20. The Kier molecular flexibility index (Phi) is 4.65. The summed E-state index contributed by atoms with van der Waals surface area (Å²) in [6.45, 7) is 2.99. The third-order valence-corrected chi connectivity index (χ3v) is 2.23. The molecule has 1 unspecified atom stereocenters. The van der Waals surface area contributed by atoms with Crippen LogP contribution in [0.5, 0.6) is 0 Å². The van der Waals surface area contributed by atoms with Gasteiger partial charge in [0.25, 0.3) is 0 Å². The van der Waals surface area contributed by atoms with Crippen LogP contribution in [0.1, 0.15) is 24.9 Å². The number of halogens is 2. The van der Waals surface area contributed by atoms with Crippen LogP contribution in [-0.4, -0.2) is 13.1 Å². The van der Waals surface area contributed by atoms with Crippen LogP contribution in [0.4, 0.5) is 8.78 Å². The minimum atomic E-state index is -0.829. The molecule has 0 aromatic heterocycles. The average Bonchev–Trinajstić information content (AvgIpc) is 2.25. The van der Waals surface area contributed by atoms with Crippen LogP contribution >= 0.6 is 0 Å². The average molecular weight is 214 g/mol. The molecule has 1 rings (SSSR count). The largest absolute Gasteiger partial charge is 0.329 e. The highest BCUT2D eigenvalue weighted by Gasteiger charge is 2.15. The van der Waals surface area contributed by atoms with Crippen molar-refractivity contribution in [3.8, 4) is 0 Å². The van der Waals surface area contributed by atoms with Crippen molar-refractivity contribution in [3.63, 3.8) is 0 Å². The van der Waals surface area contributed by atoms with E-state index in [1.807, 2.05) is 6.92 Å². The van der Waals surface area contributed by atoms with Crippen molar-refractivity contribution < 1.29 is 8.78 Å². The second-order valence-corrected chi connectivity index (χ2v) is 3.39. The van der Waals surface area contributed by atoms with Crippen LogP contribution in [0.25, 0.3) is 0 Å². The van der Waals surface area contributed by atoms with Crippen molar-refractivity contribution in [3.05, 3.63) is 35.4 Å². The van der Waals surface area contributed by atoms with E-state index in [0.29, 0.717) is 5.56 Å². The Morgan fingerprint density at radius 2 is 2.13 bits per heavy atom. The van der Waals surface area contributed by atoms with Crippen molar-refractivity contribution in [1.29, 1.82) is 0 Å². The van der Waals surface area contributed by atoms with Gasteiger partial charge in [-0.25, -0.2) is 8.78 Å². The van der Waals surface area contributed by atoms with Crippen LogP contribution in [0.3, 0.4) is 0 Å². The highest BCUT2D eigenvalue weighted by atomic mass is 19.2. The van der Waals surface area contributed by atoms with Gasteiger partial charge in [-0.1, -0.05) is 19.1 Å². The molecular weight excluding hydrogens is 198 g/mol. The standard InChI is InChI=1S/C11H16F2N2/c1-2-6-15-10(7-14)8-4-3-5-9(12)11(8)13/h3-5,10,15H,2,6-7,14H2,1H3. The van der Waals surface area contributed by atoms with E-state index in [1.54, 1.807) is 6.07 Å². The lowest BCUT2D eigenvalue weighted by atomic mass is 10.1. The summed E-state index contributed by atoms with van der Waals surface area (Å²) in [6.07, 6.45) is 0.924. The smallest absolute Gasteiger partial charge is 0.163 e. The maximum atomic E-state index is 13.4. The molecule has 3 N–H and O–H groups in total. The van der Waals surface area contributed by atoms with E-state index in [0.717, 1.165) is 19.0 Å². The highest BCUT2D eigenvalue weighted by molar-refractivity contribution is 5.22. The predicted molar refractivity (Wildman–Crippen MR) is 56.4 cm³/mol. The van der Waals surface area contributed by atoms with Gasteiger partial charge in [-0.2, -0.15) is 0 Å². The van der Waals surface area contributed by atoms with Gasteiger partial charge in [-0.15, -0.1) is 0 Å². The maximum Gasteiger partial charge on any atom is 0.163 e. The molecule has 0 aliphatic carbocycles. The first-order valence-corrected chi connectivity index (χ1v) is 5.08. The number of nitrogens with one attached hydrogen (secondary N) is 1. The Morgan fingerprint density at radius 3 is 2.73 bits per heavy atom. The van der Waals surface area contributed by atoms with Gasteiger partial charge < -0.3 is 11.1 Å². The number of benzene rings is 1. The first-order valence-electron chi connectivity index (χ1n) is 5.08. The highest BCUT2D eigenvalue weighted by Crippen LogP contribution is 2.18. The predicted octanol–water partition coefficient (Wildman–Crippen LogP) is 1.96. The van der Waals surface area contributed by atoms with Crippen LogP contribution in [0, 0.1) is 11.6 Å². The molecule has 1 atom stereocenters. The van der Waals surface area contributed by atoms with E-state index in [2.05, 4.69) is 5.32 Å². The van der Waals surface area contributed by atoms with Crippen LogP contribution < -0.4 is 11.1 Å². The van der Waals surface area contributed by atoms with E-state index in [-0.39, 0.29) is 12.6 Å². The Bertz CT molecular complexity index is 315. The molecule has 1 aromatic rings. The summed E-state index contributed by atoms with van der Waals surface area (Å²) in [5, 5.41) is 3.07. The van der Waals surface area contributed by atoms with Gasteiger partial charge in [-0.05, 0) is 19.0 Å². The fourth-order valence-electron chi connectivity index (χ4n) is 1.43. The van der Waals surface area contributed by atoms with Crippen molar-refractivity contribution in [2.75, 3.05) is 13.1 Å². The summed E-state index contributed by atoms with van der Waals surface area (Å²) in [5.41, 5.74) is 5.81. The monoisotopic (exact) mass is 214 g/mol. The van der Waals surface area contributed by atoms with Gasteiger partial charge in [0.2, 0.25) is 0 Å². The van der Waals surface area contributed by atoms with Gasteiger partial charge in [-0.3, -0.25) is 0 Å². The van der Waals surface area contributed by atoms with Crippen molar-refractivity contribution in [1.82, 2.24) is 5.32 Å². The molecule has 0 spiro atoms. The topological polar surface area (TPSA) is 38.0 Å². The number of nitrogens with two attached hydrogens (primary N) is 1. The van der Waals surface area contributed by atoms with Crippen molar-refractivity contribution in [2.45, 2.75) is 19.4 Å². The van der Waals surface area contributed by atoms with Gasteiger partial charge in [0.15, 0.2) is 11.6 Å². The van der Waals surface area contributed by atoms with Crippen LogP contribution in [-0.2, 0) is 0 Å². The van der Waals surface area contributed by atoms with Crippen molar-refractivity contribution >= 4 is 0 Å². The lowest BCUT2D eigenvalue weighted by molar-refractivity contribution is 0.464. The molecular formula is C11H16F2N2. The SMILES string of the molecule is CCCNC(CN)c1cccc(F)c1F. The minimum Gasteiger partial charge on any atom is -0.329 e. The molecule has 0 heterocycles. The van der Waals surface area contributed by atoms with E-state index >= 15 is 0 Å². The zero-order chi connectivity index (χ0) is 11.3. The molecule has 84 valence electrons. The summed E-state index contributed by atoms with van der Waals surface area (Å²) >= 11 is 0. The van der Waals surface area contributed by atoms with Crippen LogP contribution in [0.15, 0.2) is 18.2 Å². The lowest BCUT2D eigenvalue weighted by Gasteiger charge is -2.17. The molecule has 0 amide bonds. The van der Waals surface area contributed by atoms with Crippen LogP contribution in [0.2, 0.25) is 0 Å². The second kappa shape index (κ2) is 5.78. The van der Waals surface area contributed by atoms with E-state index < -0.39 is 11.6 Å². The Hall–Kier alpha value is -1.00. The second-order valence-electron chi connectivity index (χ2n) is 3.39. The molecule has 2 nitrogen and oxygen atoms in total. The maximum absolute atomic E-state index is 13.4. The van der Waals surface area contributed by atoms with Gasteiger partial charge >= 0.3 is 0 Å². The number of rotatable bonds is 5. The zero-order valence-electron chi connectivity index (χ0n) is 8.76. The molecule has 0 radical (unpaired) electrons. The summed E-state index contributed by atoms with van der Waals surface area (Å²) in [7, 11) is 0. The quantitative estimate of drug-likeness (QED) is 0.786. The molecule has 1 aromatic carbocycles. The molecule has 0 saturated heterocycles. The third-order valence-electron chi connectivity index (χ3n) is 2.23. The van der Waals surface area contributed by atoms with Crippen molar-refractivity contribution in [2.24, 2.45) is 5.73 Å². The Labute approximate surface area is 88.5 Å². The first kappa shape index (κ1) is 12.1.